The maximum Gasteiger partial charge on any atom is 0.323 e. The smallest absolute Gasteiger partial charge is 0.323 e. The van der Waals surface area contributed by atoms with Gasteiger partial charge in [-0.25, -0.2) is 0 Å². The Morgan fingerprint density at radius 3 is 2.57 bits per heavy atom. The fraction of sp³-hybridized carbons (Fsp3) is 0.429. The van der Waals surface area contributed by atoms with Crippen LogP contribution in [0.3, 0.4) is 0 Å². The van der Waals surface area contributed by atoms with Crippen molar-refractivity contribution in [2.45, 2.75) is 23.5 Å². The number of nitrogens with zero attached hydrogens (tertiary/aromatic N) is 1. The van der Waals surface area contributed by atoms with Crippen molar-refractivity contribution in [3.8, 4) is 0 Å². The number of carbonyl (C=O) groups excluding carboxylic acids is 1. The van der Waals surface area contributed by atoms with Crippen LogP contribution in [0.4, 0.5) is 8.78 Å². The molecule has 1 N–H and O–H groups in total. The molecule has 1 aromatic carbocycles. The molecule has 0 radical (unpaired) electrons. The molecule has 1 amide bonds. The molecule has 1 fully saturated rings. The van der Waals surface area contributed by atoms with Gasteiger partial charge in [-0.05, 0) is 30.9 Å². The lowest BCUT2D eigenvalue weighted by Gasteiger charge is -2.21. The number of hydrogen-bond donors (Lipinski definition) is 1. The number of carboxylic acids is 1. The number of carbonyl (C=O) groups is 2. The summed E-state index contributed by atoms with van der Waals surface area (Å²) in [6.45, 7) is -0.0537. The van der Waals surface area contributed by atoms with E-state index in [-0.39, 0.29) is 10.5 Å². The molecule has 0 unspecified atom stereocenters. The summed E-state index contributed by atoms with van der Waals surface area (Å²) in [7, 11) is 0. The van der Waals surface area contributed by atoms with Crippen LogP contribution in [0.5, 0.6) is 0 Å². The van der Waals surface area contributed by atoms with Crippen LogP contribution >= 0.6 is 11.8 Å². The Hall–Kier alpha value is -1.63. The van der Waals surface area contributed by atoms with Gasteiger partial charge < -0.3 is 10.0 Å². The first-order chi connectivity index (χ1) is 9.97. The van der Waals surface area contributed by atoms with Gasteiger partial charge in [0.15, 0.2) is 0 Å². The second-order valence-corrected chi connectivity index (χ2v) is 5.93. The first-order valence-electron chi connectivity index (χ1n) is 6.52. The molecular weight excluding hydrogens is 300 g/mol. The largest absolute Gasteiger partial charge is 0.480 e. The van der Waals surface area contributed by atoms with E-state index in [9.17, 15) is 18.4 Å². The van der Waals surface area contributed by atoms with Gasteiger partial charge in [-0.1, -0.05) is 23.9 Å². The molecule has 1 aromatic rings. The van der Waals surface area contributed by atoms with Crippen LogP contribution in [0, 0.1) is 5.92 Å². The topological polar surface area (TPSA) is 57.6 Å². The molecule has 114 valence electrons. The number of carboxylic acid groups (broad SMARTS) is 1. The van der Waals surface area contributed by atoms with Crippen molar-refractivity contribution in [1.29, 1.82) is 0 Å². The number of aliphatic carboxylic acids is 1. The first kappa shape index (κ1) is 15.8. The number of amides is 1. The lowest BCUT2D eigenvalue weighted by molar-refractivity contribution is -0.137. The molecule has 2 rings (SSSR count). The Bertz CT molecular complexity index is 535. The zero-order valence-corrected chi connectivity index (χ0v) is 12.0. The lowest BCUT2D eigenvalue weighted by atomic mass is 10.2. The third-order valence-electron chi connectivity index (χ3n) is 3.12. The normalized spacial score (nSPS) is 14.2. The predicted octanol–water partition coefficient (Wildman–Crippen LogP) is 2.94. The van der Waals surface area contributed by atoms with Gasteiger partial charge in [-0.3, -0.25) is 9.59 Å². The van der Waals surface area contributed by atoms with E-state index in [2.05, 4.69) is 0 Å². The molecule has 4 nitrogen and oxygen atoms in total. The Morgan fingerprint density at radius 2 is 2.00 bits per heavy atom. The van der Waals surface area contributed by atoms with Gasteiger partial charge in [-0.2, -0.15) is 8.78 Å². The fourth-order valence-corrected chi connectivity index (χ4v) is 2.64. The summed E-state index contributed by atoms with van der Waals surface area (Å²) in [6.07, 6.45) is 1.94. The number of rotatable bonds is 7. The number of thioether (sulfide) groups is 1. The van der Waals surface area contributed by atoms with E-state index in [4.69, 9.17) is 5.11 Å². The second-order valence-electron chi connectivity index (χ2n) is 4.90. The number of halogens is 2. The van der Waals surface area contributed by atoms with Crippen LogP contribution in [0.15, 0.2) is 29.2 Å². The minimum atomic E-state index is -2.63. The van der Waals surface area contributed by atoms with Gasteiger partial charge in [0.25, 0.3) is 11.7 Å². The van der Waals surface area contributed by atoms with E-state index in [1.54, 1.807) is 12.1 Å². The van der Waals surface area contributed by atoms with Crippen molar-refractivity contribution < 1.29 is 23.5 Å². The number of alkyl halides is 2. The van der Waals surface area contributed by atoms with E-state index in [1.807, 2.05) is 0 Å². The van der Waals surface area contributed by atoms with Crippen LogP contribution in [-0.2, 0) is 4.79 Å². The first-order valence-corrected chi connectivity index (χ1v) is 7.40. The lowest BCUT2D eigenvalue weighted by Crippen LogP contribution is -2.37. The Kier molecular flexibility index (Phi) is 5.17. The molecule has 0 bridgehead atoms. The molecule has 0 spiro atoms. The maximum atomic E-state index is 12.5. The minimum Gasteiger partial charge on any atom is -0.480 e. The highest BCUT2D eigenvalue weighted by Crippen LogP contribution is 2.32. The van der Waals surface area contributed by atoms with E-state index in [0.717, 1.165) is 12.8 Å². The van der Waals surface area contributed by atoms with Crippen molar-refractivity contribution in [2.75, 3.05) is 13.1 Å². The Balaban J connectivity index is 2.20. The molecule has 7 heteroatoms. The summed E-state index contributed by atoms with van der Waals surface area (Å²) >= 11 is 0.296. The SMILES string of the molecule is O=C(O)CN(CC1CC1)C(=O)c1ccccc1SC(F)F. The van der Waals surface area contributed by atoms with E-state index in [0.29, 0.717) is 24.2 Å². The van der Waals surface area contributed by atoms with Crippen molar-refractivity contribution in [1.82, 2.24) is 4.90 Å². The van der Waals surface area contributed by atoms with Gasteiger partial charge in [0.2, 0.25) is 0 Å². The molecule has 1 aliphatic rings. The van der Waals surface area contributed by atoms with E-state index < -0.39 is 24.2 Å². The summed E-state index contributed by atoms with van der Waals surface area (Å²) in [5.74, 6) is -3.92. The summed E-state index contributed by atoms with van der Waals surface area (Å²) in [6, 6.07) is 6.05. The monoisotopic (exact) mass is 315 g/mol. The van der Waals surface area contributed by atoms with Crippen molar-refractivity contribution >= 4 is 23.6 Å². The van der Waals surface area contributed by atoms with Gasteiger partial charge in [0, 0.05) is 11.4 Å². The number of benzene rings is 1. The molecule has 0 aromatic heterocycles. The third kappa shape index (κ3) is 4.70. The van der Waals surface area contributed by atoms with Crippen LogP contribution in [-0.4, -0.2) is 40.7 Å². The van der Waals surface area contributed by atoms with Crippen molar-refractivity contribution in [2.24, 2.45) is 5.92 Å². The highest BCUT2D eigenvalue weighted by atomic mass is 32.2. The zero-order valence-electron chi connectivity index (χ0n) is 11.2. The van der Waals surface area contributed by atoms with Crippen LogP contribution in [0.2, 0.25) is 0 Å². The summed E-state index contributed by atoms with van der Waals surface area (Å²) < 4.78 is 25.1. The molecule has 0 aliphatic heterocycles. The Morgan fingerprint density at radius 1 is 1.33 bits per heavy atom. The van der Waals surface area contributed by atoms with Crippen molar-refractivity contribution in [3.63, 3.8) is 0 Å². The van der Waals surface area contributed by atoms with Gasteiger partial charge in [-0.15, -0.1) is 0 Å². The van der Waals surface area contributed by atoms with Crippen molar-refractivity contribution in [3.05, 3.63) is 29.8 Å². The van der Waals surface area contributed by atoms with E-state index >= 15 is 0 Å². The second kappa shape index (κ2) is 6.89. The molecule has 1 saturated carbocycles. The molecule has 1 aliphatic carbocycles. The van der Waals surface area contributed by atoms with Crippen LogP contribution in [0.1, 0.15) is 23.2 Å². The highest BCUT2D eigenvalue weighted by molar-refractivity contribution is 7.99. The summed E-state index contributed by atoms with van der Waals surface area (Å²) in [4.78, 5) is 24.7. The maximum absolute atomic E-state index is 12.5. The molecule has 0 atom stereocenters. The average Bonchev–Trinajstić information content (AvgIpc) is 3.20. The predicted molar refractivity (Wildman–Crippen MR) is 74.6 cm³/mol. The van der Waals surface area contributed by atoms with E-state index in [1.165, 1.54) is 17.0 Å². The molecule has 0 saturated heterocycles. The van der Waals surface area contributed by atoms with Gasteiger partial charge >= 0.3 is 5.97 Å². The van der Waals surface area contributed by atoms with Crippen LogP contribution < -0.4 is 0 Å². The molecule has 21 heavy (non-hydrogen) atoms. The Labute approximate surface area is 125 Å². The highest BCUT2D eigenvalue weighted by Gasteiger charge is 2.29. The zero-order chi connectivity index (χ0) is 15.4. The van der Waals surface area contributed by atoms with Gasteiger partial charge in [0.05, 0.1) is 5.56 Å². The summed E-state index contributed by atoms with van der Waals surface area (Å²) in [5, 5.41) is 8.91. The average molecular weight is 315 g/mol. The molecular formula is C14H15F2NO3S. The van der Waals surface area contributed by atoms with Crippen LogP contribution in [0.25, 0.3) is 0 Å². The third-order valence-corrected chi connectivity index (χ3v) is 3.91. The summed E-state index contributed by atoms with van der Waals surface area (Å²) in [5.41, 5.74) is 0.129. The standard InChI is InChI=1S/C14H15F2NO3S/c15-14(16)21-11-4-2-1-3-10(11)13(20)17(8-12(18)19)7-9-5-6-9/h1-4,9,14H,5-8H2,(H,18,19). The molecule has 0 heterocycles. The quantitative estimate of drug-likeness (QED) is 0.786. The number of hydrogen-bond acceptors (Lipinski definition) is 3. The minimum absolute atomic E-state index is 0.129. The van der Waals surface area contributed by atoms with Gasteiger partial charge in [0.1, 0.15) is 6.54 Å². The fourth-order valence-electron chi connectivity index (χ4n) is 2.01.